The second-order valence-electron chi connectivity index (χ2n) is 7.99. The highest BCUT2D eigenvalue weighted by molar-refractivity contribution is 14.0. The number of guanidine groups is 1. The van der Waals surface area contributed by atoms with Crippen molar-refractivity contribution in [1.82, 2.24) is 20.5 Å². The Hall–Kier alpha value is -1.82. The van der Waals surface area contributed by atoms with Crippen LogP contribution in [-0.4, -0.2) is 55.2 Å². The van der Waals surface area contributed by atoms with E-state index in [-0.39, 0.29) is 24.0 Å². The van der Waals surface area contributed by atoms with Gasteiger partial charge >= 0.3 is 6.18 Å². The summed E-state index contributed by atoms with van der Waals surface area (Å²) in [6.45, 7) is 3.44. The Kier molecular flexibility index (Phi) is 10.3. The number of aromatic nitrogens is 1. The summed E-state index contributed by atoms with van der Waals surface area (Å²) in [4.78, 5) is 10.2. The molecule has 6 nitrogen and oxygen atoms in total. The summed E-state index contributed by atoms with van der Waals surface area (Å²) in [5, 5.41) is 6.48. The molecule has 1 aliphatic heterocycles. The van der Waals surface area contributed by atoms with E-state index in [0.717, 1.165) is 37.1 Å². The molecule has 2 heterocycles. The third-order valence-corrected chi connectivity index (χ3v) is 5.47. The maximum absolute atomic E-state index is 12.5. The van der Waals surface area contributed by atoms with Gasteiger partial charge in [-0.3, -0.25) is 9.89 Å². The standard InChI is InChI=1S/C22H30F3N5O.HI/c1-16-3-5-18(6-4-16)20-29-19(14-31-20)13-28-21(26-2)27-10-7-17-8-11-30(12-9-17)15-22(23,24)25;/h3-6,14,17H,7-13,15H2,1-2H3,(H2,26,27,28);1H. The van der Waals surface area contributed by atoms with Crippen LogP contribution < -0.4 is 10.6 Å². The van der Waals surface area contributed by atoms with Crippen LogP contribution in [-0.2, 0) is 6.54 Å². The monoisotopic (exact) mass is 565 g/mol. The number of aliphatic imine (C=N–C) groups is 1. The first-order valence-corrected chi connectivity index (χ1v) is 10.6. The molecule has 1 aliphatic rings. The van der Waals surface area contributed by atoms with Crippen LogP contribution in [0.5, 0.6) is 0 Å². The largest absolute Gasteiger partial charge is 0.444 e. The Labute approximate surface area is 204 Å². The highest BCUT2D eigenvalue weighted by atomic mass is 127. The number of alkyl halides is 3. The zero-order valence-corrected chi connectivity index (χ0v) is 20.7. The molecule has 0 amide bonds. The molecule has 0 saturated carbocycles. The van der Waals surface area contributed by atoms with E-state index in [9.17, 15) is 13.2 Å². The lowest BCUT2D eigenvalue weighted by atomic mass is 9.93. The van der Waals surface area contributed by atoms with Crippen molar-refractivity contribution >= 4 is 29.9 Å². The number of hydrogen-bond donors (Lipinski definition) is 2. The molecule has 1 saturated heterocycles. The molecule has 10 heteroatoms. The van der Waals surface area contributed by atoms with Crippen LogP contribution in [0.2, 0.25) is 0 Å². The van der Waals surface area contributed by atoms with Gasteiger partial charge in [-0.05, 0) is 57.3 Å². The van der Waals surface area contributed by atoms with Crippen molar-refractivity contribution < 1.29 is 17.6 Å². The number of aryl methyl sites for hydroxylation is 1. The topological polar surface area (TPSA) is 65.7 Å². The number of halogens is 4. The third-order valence-electron chi connectivity index (χ3n) is 5.47. The van der Waals surface area contributed by atoms with Crippen molar-refractivity contribution in [1.29, 1.82) is 0 Å². The number of nitrogens with zero attached hydrogens (tertiary/aromatic N) is 3. The van der Waals surface area contributed by atoms with Gasteiger partial charge in [0.1, 0.15) is 6.26 Å². The molecule has 3 rings (SSSR count). The zero-order valence-electron chi connectivity index (χ0n) is 18.4. The first-order valence-electron chi connectivity index (χ1n) is 10.6. The molecule has 1 fully saturated rings. The molecule has 0 spiro atoms. The Morgan fingerprint density at radius 2 is 1.88 bits per heavy atom. The maximum atomic E-state index is 12.5. The highest BCUT2D eigenvalue weighted by Crippen LogP contribution is 2.24. The van der Waals surface area contributed by atoms with E-state index >= 15 is 0 Å². The number of benzene rings is 1. The fraction of sp³-hybridized carbons (Fsp3) is 0.545. The van der Waals surface area contributed by atoms with E-state index in [1.54, 1.807) is 13.3 Å². The van der Waals surface area contributed by atoms with Crippen molar-refractivity contribution in [2.24, 2.45) is 10.9 Å². The van der Waals surface area contributed by atoms with Crippen molar-refractivity contribution in [2.75, 3.05) is 33.2 Å². The van der Waals surface area contributed by atoms with Crippen LogP contribution in [0.25, 0.3) is 11.5 Å². The van der Waals surface area contributed by atoms with Gasteiger partial charge < -0.3 is 15.1 Å². The van der Waals surface area contributed by atoms with Gasteiger partial charge in [0.15, 0.2) is 5.96 Å². The molecular weight excluding hydrogens is 534 g/mol. The minimum Gasteiger partial charge on any atom is -0.444 e. The quantitative estimate of drug-likeness (QED) is 0.292. The summed E-state index contributed by atoms with van der Waals surface area (Å²) in [7, 11) is 1.70. The second kappa shape index (κ2) is 12.4. The number of oxazole rings is 1. The number of nitrogens with one attached hydrogen (secondary N) is 2. The minimum absolute atomic E-state index is 0. The number of likely N-dealkylation sites (tertiary alicyclic amines) is 1. The molecule has 178 valence electrons. The Morgan fingerprint density at radius 3 is 2.50 bits per heavy atom. The average Bonchev–Trinajstić information content (AvgIpc) is 3.20. The Morgan fingerprint density at radius 1 is 1.19 bits per heavy atom. The van der Waals surface area contributed by atoms with Gasteiger partial charge in [0.2, 0.25) is 5.89 Å². The number of rotatable bonds is 7. The van der Waals surface area contributed by atoms with Gasteiger partial charge in [-0.2, -0.15) is 13.2 Å². The van der Waals surface area contributed by atoms with Crippen molar-refractivity contribution in [2.45, 2.75) is 38.9 Å². The fourth-order valence-electron chi connectivity index (χ4n) is 3.69. The van der Waals surface area contributed by atoms with E-state index in [0.29, 0.717) is 37.4 Å². The van der Waals surface area contributed by atoms with Crippen LogP contribution in [0.3, 0.4) is 0 Å². The molecule has 0 atom stereocenters. The summed E-state index contributed by atoms with van der Waals surface area (Å²) in [5.41, 5.74) is 2.88. The molecular formula is C22H31F3IN5O. The van der Waals surface area contributed by atoms with Gasteiger partial charge in [-0.15, -0.1) is 24.0 Å². The van der Waals surface area contributed by atoms with E-state index in [1.165, 1.54) is 10.5 Å². The Bertz CT molecular complexity index is 846. The van der Waals surface area contributed by atoms with Crippen LogP contribution >= 0.6 is 24.0 Å². The molecule has 2 N–H and O–H groups in total. The molecule has 32 heavy (non-hydrogen) atoms. The fourth-order valence-corrected chi connectivity index (χ4v) is 3.69. The van der Waals surface area contributed by atoms with Crippen LogP contribution in [0, 0.1) is 12.8 Å². The van der Waals surface area contributed by atoms with Crippen molar-refractivity contribution in [3.63, 3.8) is 0 Å². The van der Waals surface area contributed by atoms with E-state index in [1.807, 2.05) is 31.2 Å². The van der Waals surface area contributed by atoms with Gasteiger partial charge in [0.25, 0.3) is 0 Å². The minimum atomic E-state index is -4.11. The van der Waals surface area contributed by atoms with Crippen LogP contribution in [0.15, 0.2) is 39.9 Å². The molecule has 0 bridgehead atoms. The summed E-state index contributed by atoms with van der Waals surface area (Å²) in [5.74, 6) is 1.67. The van der Waals surface area contributed by atoms with Crippen molar-refractivity contribution in [3.05, 3.63) is 41.8 Å². The highest BCUT2D eigenvalue weighted by Gasteiger charge is 2.32. The molecule has 0 radical (unpaired) electrons. The summed E-state index contributed by atoms with van der Waals surface area (Å²) < 4.78 is 43.0. The SMILES string of the molecule is CN=C(NCCC1CCN(CC(F)(F)F)CC1)NCc1coc(-c2ccc(C)cc2)n1.I. The number of piperidine rings is 1. The number of hydrogen-bond acceptors (Lipinski definition) is 4. The molecule has 2 aromatic rings. The smallest absolute Gasteiger partial charge is 0.401 e. The molecule has 1 aromatic carbocycles. The molecule has 0 unspecified atom stereocenters. The van der Waals surface area contributed by atoms with Crippen LogP contribution in [0.4, 0.5) is 13.2 Å². The van der Waals surface area contributed by atoms with Crippen molar-refractivity contribution in [3.8, 4) is 11.5 Å². The first kappa shape index (κ1) is 26.4. The summed E-state index contributed by atoms with van der Waals surface area (Å²) in [6, 6.07) is 7.99. The van der Waals surface area contributed by atoms with E-state index < -0.39 is 12.7 Å². The maximum Gasteiger partial charge on any atom is 0.401 e. The molecule has 0 aliphatic carbocycles. The Balaban J connectivity index is 0.00000363. The normalized spacial score (nSPS) is 16.0. The lowest BCUT2D eigenvalue weighted by molar-refractivity contribution is -0.148. The summed E-state index contributed by atoms with van der Waals surface area (Å²) in [6.07, 6.45) is 0.0125. The predicted molar refractivity (Wildman–Crippen MR) is 130 cm³/mol. The summed E-state index contributed by atoms with van der Waals surface area (Å²) >= 11 is 0. The zero-order chi connectivity index (χ0) is 22.3. The van der Waals surface area contributed by atoms with Crippen LogP contribution in [0.1, 0.15) is 30.5 Å². The predicted octanol–water partition coefficient (Wildman–Crippen LogP) is 4.60. The van der Waals surface area contributed by atoms with Gasteiger partial charge in [0.05, 0.1) is 18.8 Å². The second-order valence-corrected chi connectivity index (χ2v) is 7.99. The average molecular weight is 565 g/mol. The van der Waals surface area contributed by atoms with Gasteiger partial charge in [-0.1, -0.05) is 17.7 Å². The lowest BCUT2D eigenvalue weighted by Gasteiger charge is -2.32. The van der Waals surface area contributed by atoms with E-state index in [4.69, 9.17) is 4.42 Å². The van der Waals surface area contributed by atoms with E-state index in [2.05, 4.69) is 20.6 Å². The lowest BCUT2D eigenvalue weighted by Crippen LogP contribution is -2.41. The van der Waals surface area contributed by atoms with Gasteiger partial charge in [0, 0.05) is 19.2 Å². The first-order chi connectivity index (χ1) is 14.8. The molecule has 1 aromatic heterocycles. The third kappa shape index (κ3) is 8.61. The van der Waals surface area contributed by atoms with Gasteiger partial charge in [-0.25, -0.2) is 4.98 Å².